The van der Waals surface area contributed by atoms with Crippen molar-refractivity contribution in [3.63, 3.8) is 0 Å². The quantitative estimate of drug-likeness (QED) is 0.844. The third kappa shape index (κ3) is 2.52. The normalized spacial score (nSPS) is 22.7. The predicted molar refractivity (Wildman–Crippen MR) is 87.0 cm³/mol. The zero-order chi connectivity index (χ0) is 16.7. The van der Waals surface area contributed by atoms with Crippen LogP contribution < -0.4 is 9.47 Å². The van der Waals surface area contributed by atoms with E-state index in [1.54, 1.807) is 6.07 Å². The smallest absolute Gasteiger partial charge is 0.276 e. The van der Waals surface area contributed by atoms with Crippen molar-refractivity contribution < 1.29 is 18.8 Å². The molecule has 24 heavy (non-hydrogen) atoms. The molecule has 0 bridgehead atoms. The summed E-state index contributed by atoms with van der Waals surface area (Å²) in [6.45, 7) is 4.41. The summed E-state index contributed by atoms with van der Waals surface area (Å²) in [5.74, 6) is 1.87. The molecule has 3 heterocycles. The molecule has 0 saturated carbocycles. The van der Waals surface area contributed by atoms with Crippen LogP contribution in [0.2, 0.25) is 0 Å². The maximum Gasteiger partial charge on any atom is 0.276 e. The Morgan fingerprint density at radius 1 is 1.12 bits per heavy atom. The van der Waals surface area contributed by atoms with E-state index in [0.29, 0.717) is 23.0 Å². The average Bonchev–Trinajstić information content (AvgIpc) is 3.23. The number of fused-ring (bicyclic) bond motifs is 1. The Kier molecular flexibility index (Phi) is 3.67. The Balaban J connectivity index is 1.59. The fourth-order valence-corrected chi connectivity index (χ4v) is 3.52. The fourth-order valence-electron chi connectivity index (χ4n) is 3.52. The minimum absolute atomic E-state index is 0.0644. The molecular formula is C18H20N2O4. The lowest BCUT2D eigenvalue weighted by Crippen LogP contribution is -2.47. The molecule has 4 rings (SSSR count). The molecule has 0 radical (unpaired) electrons. The van der Waals surface area contributed by atoms with Crippen LogP contribution in [-0.4, -0.2) is 34.8 Å². The SMILES string of the molecule is C[C@H]1CCC[C@H](C)N1C(=O)c1cc(-c2ccc3c(c2)OCO3)on1. The monoisotopic (exact) mass is 328 g/mol. The Bertz CT molecular complexity index is 760. The summed E-state index contributed by atoms with van der Waals surface area (Å²) >= 11 is 0. The highest BCUT2D eigenvalue weighted by molar-refractivity contribution is 5.93. The molecule has 1 aromatic carbocycles. The van der Waals surface area contributed by atoms with Crippen molar-refractivity contribution in [3.8, 4) is 22.8 Å². The first-order chi connectivity index (χ1) is 11.6. The van der Waals surface area contributed by atoms with Gasteiger partial charge in [-0.2, -0.15) is 0 Å². The molecule has 126 valence electrons. The molecule has 2 aliphatic rings. The van der Waals surface area contributed by atoms with E-state index in [1.807, 2.05) is 23.1 Å². The second-order valence-electron chi connectivity index (χ2n) is 6.49. The lowest BCUT2D eigenvalue weighted by atomic mass is 9.97. The second kappa shape index (κ2) is 5.85. The van der Waals surface area contributed by atoms with Crippen molar-refractivity contribution in [1.82, 2.24) is 10.1 Å². The van der Waals surface area contributed by atoms with Gasteiger partial charge in [0, 0.05) is 23.7 Å². The fraction of sp³-hybridized carbons (Fsp3) is 0.444. The third-order valence-electron chi connectivity index (χ3n) is 4.81. The van der Waals surface area contributed by atoms with Gasteiger partial charge >= 0.3 is 0 Å². The van der Waals surface area contributed by atoms with Crippen LogP contribution in [0, 0.1) is 0 Å². The van der Waals surface area contributed by atoms with Crippen molar-refractivity contribution in [1.29, 1.82) is 0 Å². The van der Waals surface area contributed by atoms with Gasteiger partial charge in [-0.1, -0.05) is 5.16 Å². The summed E-state index contributed by atoms with van der Waals surface area (Å²) in [5.41, 5.74) is 1.16. The van der Waals surface area contributed by atoms with Gasteiger partial charge in [0.15, 0.2) is 23.0 Å². The Morgan fingerprint density at radius 2 is 1.88 bits per heavy atom. The van der Waals surface area contributed by atoms with E-state index >= 15 is 0 Å². The molecule has 1 saturated heterocycles. The maximum atomic E-state index is 12.8. The van der Waals surface area contributed by atoms with Crippen LogP contribution in [0.3, 0.4) is 0 Å². The Hall–Kier alpha value is -2.50. The van der Waals surface area contributed by atoms with Gasteiger partial charge in [0.1, 0.15) is 0 Å². The van der Waals surface area contributed by atoms with Crippen molar-refractivity contribution in [2.75, 3.05) is 6.79 Å². The molecular weight excluding hydrogens is 308 g/mol. The molecule has 6 nitrogen and oxygen atoms in total. The van der Waals surface area contributed by atoms with Gasteiger partial charge < -0.3 is 18.9 Å². The Labute approximate surface area is 140 Å². The van der Waals surface area contributed by atoms with Gasteiger partial charge in [-0.15, -0.1) is 0 Å². The predicted octanol–water partition coefficient (Wildman–Crippen LogP) is 3.47. The molecule has 2 aliphatic heterocycles. The topological polar surface area (TPSA) is 64.8 Å². The summed E-state index contributed by atoms with van der Waals surface area (Å²) in [6.07, 6.45) is 3.22. The zero-order valence-corrected chi connectivity index (χ0v) is 13.8. The van der Waals surface area contributed by atoms with E-state index in [9.17, 15) is 4.79 Å². The number of hydrogen-bond donors (Lipinski definition) is 0. The number of rotatable bonds is 2. The van der Waals surface area contributed by atoms with Gasteiger partial charge in [-0.3, -0.25) is 4.79 Å². The molecule has 6 heteroatoms. The molecule has 2 atom stereocenters. The van der Waals surface area contributed by atoms with Crippen LogP contribution in [0.15, 0.2) is 28.8 Å². The summed E-state index contributed by atoms with van der Waals surface area (Å²) in [7, 11) is 0. The van der Waals surface area contributed by atoms with Crippen LogP contribution in [0.4, 0.5) is 0 Å². The summed E-state index contributed by atoms with van der Waals surface area (Å²) < 4.78 is 16.1. The highest BCUT2D eigenvalue weighted by Gasteiger charge is 2.31. The molecule has 0 N–H and O–H groups in total. The standard InChI is InChI=1S/C18H20N2O4/c1-11-4-3-5-12(2)20(11)18(21)14-9-16(24-19-14)13-6-7-15-17(8-13)23-10-22-15/h6-9,11-12H,3-5,10H2,1-2H3/t11-,12-/m0/s1. The van der Waals surface area contributed by atoms with Crippen LogP contribution >= 0.6 is 0 Å². The van der Waals surface area contributed by atoms with Gasteiger partial charge in [-0.05, 0) is 51.3 Å². The van der Waals surface area contributed by atoms with E-state index in [1.165, 1.54) is 0 Å². The van der Waals surface area contributed by atoms with E-state index < -0.39 is 0 Å². The number of nitrogens with zero attached hydrogens (tertiary/aromatic N) is 2. The number of aromatic nitrogens is 1. The molecule has 0 aliphatic carbocycles. The molecule has 2 aromatic rings. The van der Waals surface area contributed by atoms with Crippen molar-refractivity contribution in [3.05, 3.63) is 30.0 Å². The first-order valence-electron chi connectivity index (χ1n) is 8.33. The number of hydrogen-bond acceptors (Lipinski definition) is 5. The number of benzene rings is 1. The largest absolute Gasteiger partial charge is 0.454 e. The van der Waals surface area contributed by atoms with E-state index in [2.05, 4.69) is 19.0 Å². The van der Waals surface area contributed by atoms with Crippen LogP contribution in [0.25, 0.3) is 11.3 Å². The molecule has 0 unspecified atom stereocenters. The van der Waals surface area contributed by atoms with Crippen LogP contribution in [0.5, 0.6) is 11.5 Å². The van der Waals surface area contributed by atoms with Crippen LogP contribution in [-0.2, 0) is 0 Å². The van der Waals surface area contributed by atoms with Gasteiger partial charge in [-0.25, -0.2) is 0 Å². The van der Waals surface area contributed by atoms with Crippen molar-refractivity contribution in [2.24, 2.45) is 0 Å². The van der Waals surface area contributed by atoms with Crippen molar-refractivity contribution in [2.45, 2.75) is 45.2 Å². The number of piperidine rings is 1. The van der Waals surface area contributed by atoms with Crippen molar-refractivity contribution >= 4 is 5.91 Å². The highest BCUT2D eigenvalue weighted by atomic mass is 16.7. The van der Waals surface area contributed by atoms with E-state index in [-0.39, 0.29) is 24.8 Å². The summed E-state index contributed by atoms with van der Waals surface area (Å²) in [4.78, 5) is 14.7. The van der Waals surface area contributed by atoms with E-state index in [4.69, 9.17) is 14.0 Å². The number of ether oxygens (including phenoxy) is 2. The molecule has 1 fully saturated rings. The van der Waals surface area contributed by atoms with E-state index in [0.717, 1.165) is 24.8 Å². The minimum Gasteiger partial charge on any atom is -0.454 e. The summed E-state index contributed by atoms with van der Waals surface area (Å²) in [5, 5.41) is 3.99. The molecule has 1 amide bonds. The lowest BCUT2D eigenvalue weighted by Gasteiger charge is -2.38. The first-order valence-corrected chi connectivity index (χ1v) is 8.33. The zero-order valence-electron chi connectivity index (χ0n) is 13.8. The average molecular weight is 328 g/mol. The summed E-state index contributed by atoms with van der Waals surface area (Å²) in [6, 6.07) is 7.70. The molecule has 0 spiro atoms. The van der Waals surface area contributed by atoms with Gasteiger partial charge in [0.25, 0.3) is 5.91 Å². The van der Waals surface area contributed by atoms with Gasteiger partial charge in [0.05, 0.1) is 0 Å². The van der Waals surface area contributed by atoms with Crippen LogP contribution in [0.1, 0.15) is 43.6 Å². The Morgan fingerprint density at radius 3 is 2.67 bits per heavy atom. The third-order valence-corrected chi connectivity index (χ3v) is 4.81. The second-order valence-corrected chi connectivity index (χ2v) is 6.49. The number of carbonyl (C=O) groups excluding carboxylic acids is 1. The number of amides is 1. The maximum absolute atomic E-state index is 12.8. The number of likely N-dealkylation sites (tertiary alicyclic amines) is 1. The lowest BCUT2D eigenvalue weighted by molar-refractivity contribution is 0.0500. The highest BCUT2D eigenvalue weighted by Crippen LogP contribution is 2.36. The first kappa shape index (κ1) is 15.1. The van der Waals surface area contributed by atoms with Gasteiger partial charge in [0.2, 0.25) is 6.79 Å². The molecule has 1 aromatic heterocycles. The minimum atomic E-state index is -0.0644. The number of carbonyl (C=O) groups is 1.